The minimum absolute atomic E-state index is 0.101. The zero-order valence-electron chi connectivity index (χ0n) is 21.2. The second kappa shape index (κ2) is 9.58. The number of carbonyl (C=O) groups excluding carboxylic acids is 2. The summed E-state index contributed by atoms with van der Waals surface area (Å²) in [4.78, 5) is 23.5. The van der Waals surface area contributed by atoms with E-state index in [0.717, 1.165) is 37.5 Å². The summed E-state index contributed by atoms with van der Waals surface area (Å²) in [6.07, 6.45) is 16.7. The number of allylic oxidation sites excluding steroid dienone is 2. The third-order valence-electron chi connectivity index (χ3n) is 10.3. The van der Waals surface area contributed by atoms with Crippen LogP contribution in [-0.4, -0.2) is 24.6 Å². The van der Waals surface area contributed by atoms with Gasteiger partial charge in [0.1, 0.15) is 12.7 Å². The summed E-state index contributed by atoms with van der Waals surface area (Å²) in [7, 11) is 0. The van der Waals surface area contributed by atoms with Gasteiger partial charge in [-0.1, -0.05) is 45.6 Å². The molecular formula is C29H44O4. The predicted molar refractivity (Wildman–Crippen MR) is 130 cm³/mol. The highest BCUT2D eigenvalue weighted by atomic mass is 16.5. The molecule has 0 amide bonds. The van der Waals surface area contributed by atoms with E-state index >= 15 is 0 Å². The molecule has 0 N–H and O–H groups in total. The van der Waals surface area contributed by atoms with Crippen molar-refractivity contribution in [3.05, 3.63) is 24.8 Å². The Morgan fingerprint density at radius 3 is 2.70 bits per heavy atom. The molecule has 4 rings (SSSR count). The molecule has 184 valence electrons. The molecule has 0 radical (unpaired) electrons. The van der Waals surface area contributed by atoms with Crippen molar-refractivity contribution in [2.24, 2.45) is 46.3 Å². The van der Waals surface area contributed by atoms with Gasteiger partial charge in [-0.15, -0.1) is 0 Å². The quantitative estimate of drug-likeness (QED) is 0.324. The zero-order chi connectivity index (χ0) is 23.8. The number of hydrogen-bond acceptors (Lipinski definition) is 4. The maximum absolute atomic E-state index is 12.0. The van der Waals surface area contributed by atoms with Crippen molar-refractivity contribution in [2.75, 3.05) is 6.61 Å². The van der Waals surface area contributed by atoms with E-state index in [1.165, 1.54) is 32.6 Å². The highest BCUT2D eigenvalue weighted by molar-refractivity contribution is 5.69. The summed E-state index contributed by atoms with van der Waals surface area (Å²) < 4.78 is 10.8. The van der Waals surface area contributed by atoms with Crippen LogP contribution in [0.25, 0.3) is 0 Å². The second-order valence-electron chi connectivity index (χ2n) is 12.0. The van der Waals surface area contributed by atoms with Gasteiger partial charge in [-0.05, 0) is 97.7 Å². The van der Waals surface area contributed by atoms with Crippen molar-refractivity contribution < 1.29 is 19.1 Å². The average molecular weight is 457 g/mol. The van der Waals surface area contributed by atoms with Crippen molar-refractivity contribution in [3.8, 4) is 0 Å². The van der Waals surface area contributed by atoms with Crippen molar-refractivity contribution in [1.29, 1.82) is 0 Å². The Morgan fingerprint density at radius 2 is 1.97 bits per heavy atom. The van der Waals surface area contributed by atoms with Crippen LogP contribution in [0.4, 0.5) is 0 Å². The Morgan fingerprint density at radius 1 is 1.18 bits per heavy atom. The molecule has 0 aromatic rings. The second-order valence-corrected chi connectivity index (χ2v) is 12.0. The first-order valence-corrected chi connectivity index (χ1v) is 13.3. The molecular weight excluding hydrogens is 412 g/mol. The first-order valence-electron chi connectivity index (χ1n) is 13.3. The Bertz CT molecular complexity index is 786. The molecule has 0 aromatic heterocycles. The Hall–Kier alpha value is -1.58. The molecule has 0 aromatic carbocycles. The van der Waals surface area contributed by atoms with Crippen LogP contribution < -0.4 is 0 Å². The van der Waals surface area contributed by atoms with Crippen LogP contribution in [0, 0.1) is 46.3 Å². The van der Waals surface area contributed by atoms with Crippen LogP contribution in [0.5, 0.6) is 0 Å². The maximum atomic E-state index is 12.0. The minimum atomic E-state index is -0.134. The van der Waals surface area contributed by atoms with Gasteiger partial charge in [0.2, 0.25) is 0 Å². The van der Waals surface area contributed by atoms with Gasteiger partial charge in [0.05, 0.1) is 0 Å². The molecule has 4 heteroatoms. The number of hydrogen-bond donors (Lipinski definition) is 0. The Labute approximate surface area is 200 Å². The molecule has 0 aliphatic heterocycles. The summed E-state index contributed by atoms with van der Waals surface area (Å²) in [5.41, 5.74) is 0.569. The van der Waals surface area contributed by atoms with Crippen LogP contribution in [0.3, 0.4) is 0 Å². The maximum Gasteiger partial charge on any atom is 0.306 e. The van der Waals surface area contributed by atoms with E-state index in [1.807, 2.05) is 0 Å². The summed E-state index contributed by atoms with van der Waals surface area (Å²) in [5, 5.41) is 0. The summed E-state index contributed by atoms with van der Waals surface area (Å²) in [5.74, 6) is 3.74. The molecule has 33 heavy (non-hydrogen) atoms. The lowest BCUT2D eigenvalue weighted by atomic mass is 9.46. The third-order valence-corrected chi connectivity index (χ3v) is 10.3. The molecule has 1 unspecified atom stereocenters. The Balaban J connectivity index is 1.45. The highest BCUT2D eigenvalue weighted by Crippen LogP contribution is 2.66. The molecule has 9 atom stereocenters. The first kappa shape index (κ1) is 24.5. The molecule has 4 aliphatic carbocycles. The van der Waals surface area contributed by atoms with Crippen molar-refractivity contribution in [1.82, 2.24) is 0 Å². The fraction of sp³-hybridized carbons (Fsp3) is 0.793. The van der Waals surface area contributed by atoms with E-state index < -0.39 is 0 Å². The lowest BCUT2D eigenvalue weighted by Gasteiger charge is -2.59. The SMILES string of the molecule is C=CCOC(=O)CC[C@@H](C)C1CC[C@H]2[C@@H]3CC[C@@H]4C[C@H](OC(C)=O)CC[C@]4(C)[C@H]3C=C[C@]12C. The molecule has 3 fully saturated rings. The third kappa shape index (κ3) is 4.56. The van der Waals surface area contributed by atoms with E-state index in [4.69, 9.17) is 9.47 Å². The van der Waals surface area contributed by atoms with Gasteiger partial charge in [-0.3, -0.25) is 9.59 Å². The van der Waals surface area contributed by atoms with Gasteiger partial charge in [0.15, 0.2) is 0 Å². The zero-order valence-corrected chi connectivity index (χ0v) is 21.2. The van der Waals surface area contributed by atoms with Crippen LogP contribution in [0.15, 0.2) is 24.8 Å². The fourth-order valence-electron chi connectivity index (χ4n) is 8.64. The number of fused-ring (bicyclic) bond motifs is 5. The Kier molecular flexibility index (Phi) is 7.13. The molecule has 4 aliphatic rings. The van der Waals surface area contributed by atoms with Gasteiger partial charge in [0.25, 0.3) is 0 Å². The molecule has 0 bridgehead atoms. The van der Waals surface area contributed by atoms with E-state index in [0.29, 0.717) is 42.1 Å². The van der Waals surface area contributed by atoms with E-state index in [1.54, 1.807) is 6.08 Å². The number of ether oxygens (including phenoxy) is 2. The number of carbonyl (C=O) groups is 2. The van der Waals surface area contributed by atoms with Gasteiger partial charge < -0.3 is 9.47 Å². The van der Waals surface area contributed by atoms with E-state index in [9.17, 15) is 9.59 Å². The number of esters is 2. The standard InChI is InChI=1S/C29H44O4/c1-6-17-32-27(31)12-7-19(2)24-10-11-25-23-9-8-21-18-22(33-20(3)30)13-15-28(21,4)26(23)14-16-29(24,25)5/h6,14,16,19,21-26H,1,7-13,15,17-18H2,2-5H3/t19-,21-,22-,23+,24?,25+,26+,28+,29-/m1/s1. The summed E-state index contributed by atoms with van der Waals surface area (Å²) in [6.45, 7) is 12.8. The first-order chi connectivity index (χ1) is 15.7. The smallest absolute Gasteiger partial charge is 0.306 e. The molecule has 0 heterocycles. The van der Waals surface area contributed by atoms with Crippen molar-refractivity contribution in [3.63, 3.8) is 0 Å². The molecule has 0 spiro atoms. The van der Waals surface area contributed by atoms with Gasteiger partial charge in [-0.25, -0.2) is 0 Å². The summed E-state index contributed by atoms with van der Waals surface area (Å²) >= 11 is 0. The molecule has 0 saturated heterocycles. The van der Waals surface area contributed by atoms with E-state index in [-0.39, 0.29) is 23.5 Å². The van der Waals surface area contributed by atoms with Gasteiger partial charge >= 0.3 is 11.9 Å². The van der Waals surface area contributed by atoms with Crippen LogP contribution in [-0.2, 0) is 19.1 Å². The average Bonchev–Trinajstić information content (AvgIpc) is 3.13. The van der Waals surface area contributed by atoms with Crippen LogP contribution in [0.2, 0.25) is 0 Å². The van der Waals surface area contributed by atoms with Gasteiger partial charge in [-0.2, -0.15) is 0 Å². The normalized spacial score (nSPS) is 42.4. The van der Waals surface area contributed by atoms with Crippen molar-refractivity contribution >= 4 is 11.9 Å². The fourth-order valence-corrected chi connectivity index (χ4v) is 8.64. The van der Waals surface area contributed by atoms with Crippen molar-refractivity contribution in [2.45, 2.75) is 91.6 Å². The minimum Gasteiger partial charge on any atom is -0.463 e. The van der Waals surface area contributed by atoms with Crippen LogP contribution in [0.1, 0.15) is 85.5 Å². The topological polar surface area (TPSA) is 52.6 Å². The van der Waals surface area contributed by atoms with E-state index in [2.05, 4.69) is 39.5 Å². The highest BCUT2D eigenvalue weighted by Gasteiger charge is 2.59. The lowest BCUT2D eigenvalue weighted by Crippen LogP contribution is -2.52. The monoisotopic (exact) mass is 456 g/mol. The molecule has 3 saturated carbocycles. The van der Waals surface area contributed by atoms with Gasteiger partial charge in [0, 0.05) is 13.3 Å². The largest absolute Gasteiger partial charge is 0.463 e. The summed E-state index contributed by atoms with van der Waals surface area (Å²) in [6, 6.07) is 0. The van der Waals surface area contributed by atoms with Crippen LogP contribution >= 0.6 is 0 Å². The molecule has 4 nitrogen and oxygen atoms in total. The lowest BCUT2D eigenvalue weighted by molar-refractivity contribution is -0.154. The predicted octanol–water partition coefficient (Wildman–Crippen LogP) is 6.50. The number of rotatable bonds is 7.